The molecule has 1 aliphatic heterocycles. The molecule has 0 aromatic carbocycles. The fraction of sp³-hybridized carbons (Fsp3) is 0.818. The monoisotopic (exact) mass is 243 g/mol. The SMILES string of the molecule is COC(C)C(=O)N1CCCC(CNC(N)=O)C1. The lowest BCUT2D eigenvalue weighted by molar-refractivity contribution is -0.142. The van der Waals surface area contributed by atoms with Crippen LogP contribution in [-0.2, 0) is 9.53 Å². The lowest BCUT2D eigenvalue weighted by Gasteiger charge is -2.34. The first-order valence-electron chi connectivity index (χ1n) is 5.89. The van der Waals surface area contributed by atoms with Gasteiger partial charge in [0, 0.05) is 26.7 Å². The van der Waals surface area contributed by atoms with E-state index >= 15 is 0 Å². The summed E-state index contributed by atoms with van der Waals surface area (Å²) in [5.74, 6) is 0.292. The normalized spacial score (nSPS) is 22.0. The Morgan fingerprint density at radius 1 is 1.59 bits per heavy atom. The zero-order valence-electron chi connectivity index (χ0n) is 10.4. The highest BCUT2D eigenvalue weighted by Crippen LogP contribution is 2.16. The first kappa shape index (κ1) is 13.8. The summed E-state index contributed by atoms with van der Waals surface area (Å²) < 4.78 is 5.02. The molecule has 0 radical (unpaired) electrons. The Hall–Kier alpha value is -1.30. The minimum Gasteiger partial charge on any atom is -0.372 e. The summed E-state index contributed by atoms with van der Waals surface area (Å²) in [6, 6.07) is -0.515. The van der Waals surface area contributed by atoms with Gasteiger partial charge in [0.25, 0.3) is 5.91 Å². The number of carbonyl (C=O) groups excluding carboxylic acids is 2. The zero-order valence-corrected chi connectivity index (χ0v) is 10.4. The van der Waals surface area contributed by atoms with Crippen LogP contribution in [0.2, 0.25) is 0 Å². The van der Waals surface area contributed by atoms with Gasteiger partial charge in [-0.15, -0.1) is 0 Å². The average molecular weight is 243 g/mol. The van der Waals surface area contributed by atoms with Gasteiger partial charge in [0.15, 0.2) is 0 Å². The molecule has 0 aromatic rings. The summed E-state index contributed by atoms with van der Waals surface area (Å²) in [5, 5.41) is 2.59. The molecule has 1 saturated heterocycles. The smallest absolute Gasteiger partial charge is 0.312 e. The number of piperidine rings is 1. The van der Waals surface area contributed by atoms with E-state index in [0.29, 0.717) is 13.1 Å². The highest BCUT2D eigenvalue weighted by molar-refractivity contribution is 5.80. The molecule has 1 fully saturated rings. The van der Waals surface area contributed by atoms with Gasteiger partial charge in [0.1, 0.15) is 6.10 Å². The second-order valence-corrected chi connectivity index (χ2v) is 4.42. The van der Waals surface area contributed by atoms with Gasteiger partial charge in [-0.2, -0.15) is 0 Å². The van der Waals surface area contributed by atoms with Crippen LogP contribution in [0.15, 0.2) is 0 Å². The van der Waals surface area contributed by atoms with Crippen LogP contribution in [0, 0.1) is 5.92 Å². The number of hydrogen-bond donors (Lipinski definition) is 2. The van der Waals surface area contributed by atoms with Crippen molar-refractivity contribution in [3.05, 3.63) is 0 Å². The van der Waals surface area contributed by atoms with E-state index in [2.05, 4.69) is 5.32 Å². The lowest BCUT2D eigenvalue weighted by Crippen LogP contribution is -2.47. The van der Waals surface area contributed by atoms with Crippen LogP contribution in [0.4, 0.5) is 4.79 Å². The van der Waals surface area contributed by atoms with E-state index in [1.165, 1.54) is 7.11 Å². The van der Waals surface area contributed by atoms with Gasteiger partial charge < -0.3 is 20.7 Å². The van der Waals surface area contributed by atoms with Crippen molar-refractivity contribution in [1.82, 2.24) is 10.2 Å². The van der Waals surface area contributed by atoms with Crippen molar-refractivity contribution < 1.29 is 14.3 Å². The Labute approximate surface area is 101 Å². The maximum atomic E-state index is 11.9. The summed E-state index contributed by atoms with van der Waals surface area (Å²) in [6.07, 6.45) is 1.55. The van der Waals surface area contributed by atoms with Crippen LogP contribution < -0.4 is 11.1 Å². The standard InChI is InChI=1S/C11H21N3O3/c1-8(17-2)10(15)14-5-3-4-9(7-14)6-13-11(12)16/h8-9H,3-7H2,1-2H3,(H3,12,13,16). The molecule has 0 aliphatic carbocycles. The maximum absolute atomic E-state index is 11.9. The number of hydrogen-bond acceptors (Lipinski definition) is 3. The number of likely N-dealkylation sites (tertiary alicyclic amines) is 1. The fourth-order valence-corrected chi connectivity index (χ4v) is 2.03. The molecule has 1 rings (SSSR count). The molecule has 1 aliphatic rings. The molecule has 0 saturated carbocycles. The number of urea groups is 1. The Balaban J connectivity index is 2.43. The Bertz CT molecular complexity index is 283. The molecule has 3 amide bonds. The predicted octanol–water partition coefficient (Wildman–Crippen LogP) is -0.0718. The zero-order chi connectivity index (χ0) is 12.8. The molecule has 6 heteroatoms. The summed E-state index contributed by atoms with van der Waals surface area (Å²) in [5.41, 5.74) is 5.02. The first-order valence-corrected chi connectivity index (χ1v) is 5.89. The second-order valence-electron chi connectivity index (χ2n) is 4.42. The van der Waals surface area contributed by atoms with Gasteiger partial charge in [-0.05, 0) is 25.7 Å². The molecule has 2 unspecified atom stereocenters. The quantitative estimate of drug-likeness (QED) is 0.724. The molecular formula is C11H21N3O3. The van der Waals surface area contributed by atoms with Crippen molar-refractivity contribution in [1.29, 1.82) is 0 Å². The molecule has 6 nitrogen and oxygen atoms in total. The van der Waals surface area contributed by atoms with Gasteiger partial charge >= 0.3 is 6.03 Å². The molecule has 3 N–H and O–H groups in total. The third-order valence-electron chi connectivity index (χ3n) is 3.10. The van der Waals surface area contributed by atoms with Crippen molar-refractivity contribution in [2.24, 2.45) is 11.7 Å². The second kappa shape index (κ2) is 6.44. The summed E-state index contributed by atoms with van der Waals surface area (Å²) >= 11 is 0. The number of nitrogens with two attached hydrogens (primary N) is 1. The number of nitrogens with zero attached hydrogens (tertiary/aromatic N) is 1. The molecular weight excluding hydrogens is 222 g/mol. The summed E-state index contributed by atoms with van der Waals surface area (Å²) in [4.78, 5) is 24.3. The highest BCUT2D eigenvalue weighted by atomic mass is 16.5. The third kappa shape index (κ3) is 4.22. The first-order chi connectivity index (χ1) is 8.04. The number of nitrogens with one attached hydrogen (secondary N) is 1. The van der Waals surface area contributed by atoms with E-state index in [4.69, 9.17) is 10.5 Å². The van der Waals surface area contributed by atoms with E-state index in [1.54, 1.807) is 11.8 Å². The predicted molar refractivity (Wildman–Crippen MR) is 63.4 cm³/mol. The van der Waals surface area contributed by atoms with Crippen LogP contribution in [0.25, 0.3) is 0 Å². The molecule has 2 atom stereocenters. The minimum absolute atomic E-state index is 0.0104. The molecule has 0 spiro atoms. The van der Waals surface area contributed by atoms with Gasteiger partial charge in [0.2, 0.25) is 0 Å². The van der Waals surface area contributed by atoms with Crippen molar-refractivity contribution in [2.75, 3.05) is 26.7 Å². The minimum atomic E-state index is -0.515. The Morgan fingerprint density at radius 3 is 2.88 bits per heavy atom. The van der Waals surface area contributed by atoms with Crippen molar-refractivity contribution >= 4 is 11.9 Å². The number of carbonyl (C=O) groups is 2. The van der Waals surface area contributed by atoms with Gasteiger partial charge in [-0.3, -0.25) is 4.79 Å². The van der Waals surface area contributed by atoms with E-state index in [0.717, 1.165) is 19.4 Å². The van der Waals surface area contributed by atoms with Crippen LogP contribution in [-0.4, -0.2) is 49.7 Å². The third-order valence-corrected chi connectivity index (χ3v) is 3.10. The Kier molecular flexibility index (Phi) is 5.21. The molecule has 1 heterocycles. The van der Waals surface area contributed by atoms with Crippen molar-refractivity contribution in [3.63, 3.8) is 0 Å². The van der Waals surface area contributed by atoms with E-state index in [1.807, 2.05) is 0 Å². The fourth-order valence-electron chi connectivity index (χ4n) is 2.03. The van der Waals surface area contributed by atoms with Crippen molar-refractivity contribution in [2.45, 2.75) is 25.9 Å². The van der Waals surface area contributed by atoms with E-state index < -0.39 is 12.1 Å². The number of primary amides is 1. The molecule has 17 heavy (non-hydrogen) atoms. The summed E-state index contributed by atoms with van der Waals surface area (Å²) in [7, 11) is 1.53. The van der Waals surface area contributed by atoms with Crippen LogP contribution in [0.1, 0.15) is 19.8 Å². The van der Waals surface area contributed by atoms with E-state index in [-0.39, 0.29) is 11.8 Å². The molecule has 0 aromatic heterocycles. The van der Waals surface area contributed by atoms with Crippen LogP contribution in [0.5, 0.6) is 0 Å². The lowest BCUT2D eigenvalue weighted by atomic mass is 9.97. The van der Waals surface area contributed by atoms with Gasteiger partial charge in [-0.25, -0.2) is 4.79 Å². The average Bonchev–Trinajstić information content (AvgIpc) is 2.34. The number of amides is 3. The number of rotatable bonds is 4. The molecule has 0 bridgehead atoms. The maximum Gasteiger partial charge on any atom is 0.312 e. The largest absolute Gasteiger partial charge is 0.372 e. The van der Waals surface area contributed by atoms with Gasteiger partial charge in [0.05, 0.1) is 0 Å². The van der Waals surface area contributed by atoms with E-state index in [9.17, 15) is 9.59 Å². The van der Waals surface area contributed by atoms with Crippen molar-refractivity contribution in [3.8, 4) is 0 Å². The summed E-state index contributed by atoms with van der Waals surface area (Å²) in [6.45, 7) is 3.69. The van der Waals surface area contributed by atoms with Crippen LogP contribution >= 0.6 is 0 Å². The Morgan fingerprint density at radius 2 is 2.29 bits per heavy atom. The molecule has 98 valence electrons. The topological polar surface area (TPSA) is 84.7 Å². The highest BCUT2D eigenvalue weighted by Gasteiger charge is 2.26. The van der Waals surface area contributed by atoms with Gasteiger partial charge in [-0.1, -0.05) is 0 Å². The van der Waals surface area contributed by atoms with Crippen LogP contribution in [0.3, 0.4) is 0 Å². The number of methoxy groups -OCH3 is 1. The number of ether oxygens (including phenoxy) is 1.